The molecule has 6 rings (SSSR count). The number of hydrogen-bond acceptors (Lipinski definition) is 8. The van der Waals surface area contributed by atoms with Crippen LogP contribution >= 0.6 is 0 Å². The Morgan fingerprint density at radius 3 is 2.17 bits per heavy atom. The third kappa shape index (κ3) is 6.04. The Kier molecular flexibility index (Phi) is 7.72. The van der Waals surface area contributed by atoms with Crippen molar-refractivity contribution in [1.29, 1.82) is 0 Å². The highest BCUT2D eigenvalue weighted by Gasteiger charge is 2.33. The fourth-order valence-electron chi connectivity index (χ4n) is 6.02. The minimum Gasteiger partial charge on any atom is -0.457 e. The molecule has 2 aromatic heterocycles. The third-order valence-corrected chi connectivity index (χ3v) is 8.12. The number of rotatable bonds is 5. The number of anilines is 1. The lowest BCUT2D eigenvalue weighted by Gasteiger charge is -2.42. The number of nitrogens with two attached hydrogens (primary N) is 1. The number of amides is 1. The van der Waals surface area contributed by atoms with Crippen LogP contribution in [-0.2, 0) is 4.74 Å². The van der Waals surface area contributed by atoms with Gasteiger partial charge in [0.2, 0.25) is 0 Å². The van der Waals surface area contributed by atoms with Crippen LogP contribution in [0.3, 0.4) is 0 Å². The fourth-order valence-corrected chi connectivity index (χ4v) is 6.02. The first-order valence-electron chi connectivity index (χ1n) is 14.8. The van der Waals surface area contributed by atoms with Gasteiger partial charge in [0.05, 0.1) is 11.4 Å². The van der Waals surface area contributed by atoms with Crippen molar-refractivity contribution in [2.75, 3.05) is 31.9 Å². The number of benzene rings is 2. The van der Waals surface area contributed by atoms with Gasteiger partial charge in [-0.1, -0.05) is 18.2 Å². The Morgan fingerprint density at radius 1 is 0.857 bits per heavy atom. The molecule has 0 radical (unpaired) electrons. The van der Waals surface area contributed by atoms with E-state index >= 15 is 0 Å². The first kappa shape index (κ1) is 28.0. The summed E-state index contributed by atoms with van der Waals surface area (Å²) in [6.07, 6.45) is 5.44. The molecule has 0 atom stereocenters. The minimum atomic E-state index is -0.473. The Balaban J connectivity index is 1.13. The summed E-state index contributed by atoms with van der Waals surface area (Å²) in [5.41, 5.74) is 8.41. The largest absolute Gasteiger partial charge is 0.457 e. The average Bonchev–Trinajstić information content (AvgIpc) is 3.38. The van der Waals surface area contributed by atoms with E-state index < -0.39 is 5.60 Å². The quantitative estimate of drug-likeness (QED) is 0.316. The van der Waals surface area contributed by atoms with Gasteiger partial charge in [0.1, 0.15) is 34.9 Å². The van der Waals surface area contributed by atoms with E-state index in [1.807, 2.05) is 80.3 Å². The maximum Gasteiger partial charge on any atom is 0.410 e. The zero-order valence-electron chi connectivity index (χ0n) is 24.6. The molecule has 10 heteroatoms. The number of nitrogens with zero attached hydrogens (tertiary/aromatic N) is 6. The number of carbonyl (C=O) groups is 1. The number of fused-ring (bicyclic) bond motifs is 1. The van der Waals surface area contributed by atoms with Crippen molar-refractivity contribution in [3.05, 3.63) is 60.9 Å². The SMILES string of the molecule is CC(C)(C)OC(=O)N1CCN([C@H]2CC[C@@H](n3nc(-c4ccc(Oc5ccccc5)cc4)c4c(N)ncnc43)CC2)CC1. The summed E-state index contributed by atoms with van der Waals surface area (Å²) in [4.78, 5) is 25.7. The van der Waals surface area contributed by atoms with E-state index in [9.17, 15) is 4.79 Å². The first-order valence-corrected chi connectivity index (χ1v) is 14.8. The van der Waals surface area contributed by atoms with E-state index in [1.165, 1.54) is 6.33 Å². The monoisotopic (exact) mass is 569 g/mol. The van der Waals surface area contributed by atoms with Gasteiger partial charge < -0.3 is 20.1 Å². The van der Waals surface area contributed by atoms with Gasteiger partial charge in [-0.05, 0) is 82.9 Å². The predicted molar refractivity (Wildman–Crippen MR) is 162 cm³/mol. The van der Waals surface area contributed by atoms with Crippen molar-refractivity contribution >= 4 is 22.9 Å². The van der Waals surface area contributed by atoms with Crippen LogP contribution in [0.15, 0.2) is 60.9 Å². The average molecular weight is 570 g/mol. The van der Waals surface area contributed by atoms with E-state index in [-0.39, 0.29) is 12.1 Å². The Labute approximate surface area is 246 Å². The molecular weight excluding hydrogens is 530 g/mol. The predicted octanol–water partition coefficient (Wildman–Crippen LogP) is 5.90. The molecule has 1 amide bonds. The molecule has 2 aliphatic rings. The van der Waals surface area contributed by atoms with Gasteiger partial charge >= 0.3 is 6.09 Å². The molecule has 220 valence electrons. The summed E-state index contributed by atoms with van der Waals surface area (Å²) in [5.74, 6) is 1.98. The van der Waals surface area contributed by atoms with Gasteiger partial charge in [-0.15, -0.1) is 0 Å². The maximum atomic E-state index is 12.5. The highest BCUT2D eigenvalue weighted by molar-refractivity contribution is 5.98. The zero-order valence-corrected chi connectivity index (χ0v) is 24.6. The van der Waals surface area contributed by atoms with Gasteiger partial charge in [-0.2, -0.15) is 5.10 Å². The van der Waals surface area contributed by atoms with Crippen molar-refractivity contribution in [2.24, 2.45) is 0 Å². The number of carbonyl (C=O) groups excluding carboxylic acids is 1. The van der Waals surface area contributed by atoms with E-state index in [0.29, 0.717) is 24.9 Å². The molecule has 1 aliphatic heterocycles. The van der Waals surface area contributed by atoms with Crippen LogP contribution < -0.4 is 10.5 Å². The van der Waals surface area contributed by atoms with Crippen molar-refractivity contribution in [1.82, 2.24) is 29.5 Å². The summed E-state index contributed by atoms with van der Waals surface area (Å²) < 4.78 is 13.6. The van der Waals surface area contributed by atoms with Crippen LogP contribution in [0.4, 0.5) is 10.6 Å². The number of para-hydroxylation sites is 1. The molecule has 4 aromatic rings. The summed E-state index contributed by atoms with van der Waals surface area (Å²) in [6.45, 7) is 8.87. The van der Waals surface area contributed by atoms with Crippen LogP contribution in [0.5, 0.6) is 11.5 Å². The molecule has 1 saturated heterocycles. The van der Waals surface area contributed by atoms with Crippen LogP contribution in [0.1, 0.15) is 52.5 Å². The summed E-state index contributed by atoms with van der Waals surface area (Å²) >= 11 is 0. The number of piperazine rings is 1. The molecule has 1 saturated carbocycles. The normalized spacial score (nSPS) is 20.0. The molecule has 3 heterocycles. The first-order chi connectivity index (χ1) is 20.2. The lowest BCUT2D eigenvalue weighted by molar-refractivity contribution is 0.00726. The van der Waals surface area contributed by atoms with E-state index in [2.05, 4.69) is 19.5 Å². The van der Waals surface area contributed by atoms with Crippen LogP contribution in [-0.4, -0.2) is 73.5 Å². The summed E-state index contributed by atoms with van der Waals surface area (Å²) in [5, 5.41) is 5.86. The second-order valence-electron chi connectivity index (χ2n) is 12.2. The van der Waals surface area contributed by atoms with Gasteiger partial charge in [0.25, 0.3) is 0 Å². The highest BCUT2D eigenvalue weighted by Crippen LogP contribution is 2.37. The molecular formula is C32H39N7O3. The maximum absolute atomic E-state index is 12.5. The number of ether oxygens (including phenoxy) is 2. The smallest absolute Gasteiger partial charge is 0.410 e. The molecule has 2 fully saturated rings. The Hall–Kier alpha value is -4.18. The molecule has 2 aromatic carbocycles. The molecule has 0 unspecified atom stereocenters. The van der Waals surface area contributed by atoms with Gasteiger partial charge in [0.15, 0.2) is 5.65 Å². The van der Waals surface area contributed by atoms with Gasteiger partial charge in [0, 0.05) is 37.8 Å². The molecule has 42 heavy (non-hydrogen) atoms. The van der Waals surface area contributed by atoms with Crippen LogP contribution in [0.25, 0.3) is 22.3 Å². The summed E-state index contributed by atoms with van der Waals surface area (Å²) in [6, 6.07) is 18.4. The number of aromatic nitrogens is 4. The molecule has 2 N–H and O–H groups in total. The number of nitrogen functional groups attached to an aromatic ring is 1. The highest BCUT2D eigenvalue weighted by atomic mass is 16.6. The zero-order chi connectivity index (χ0) is 29.3. The molecule has 1 aliphatic carbocycles. The second-order valence-corrected chi connectivity index (χ2v) is 12.2. The van der Waals surface area contributed by atoms with Crippen molar-refractivity contribution < 1.29 is 14.3 Å². The lowest BCUT2D eigenvalue weighted by Crippen LogP contribution is -2.53. The topological polar surface area (TPSA) is 112 Å². The van der Waals surface area contributed by atoms with Crippen molar-refractivity contribution in [2.45, 2.75) is 64.1 Å². The van der Waals surface area contributed by atoms with Crippen LogP contribution in [0.2, 0.25) is 0 Å². The third-order valence-electron chi connectivity index (χ3n) is 8.12. The fraction of sp³-hybridized carbons (Fsp3) is 0.438. The molecule has 0 spiro atoms. The Bertz CT molecular complexity index is 1520. The standard InChI is InChI=1S/C32H39N7O3/c1-32(2,3)42-31(40)38-19-17-37(18-20-38)23-11-13-24(14-12-23)39-30-27(29(33)34-21-35-30)28(36-39)22-9-15-26(16-10-22)41-25-7-5-4-6-8-25/h4-10,15-16,21,23-24H,11-14,17-20H2,1-3H3,(H2,33,34,35)/t23-,24+. The van der Waals surface area contributed by atoms with Gasteiger partial charge in [-0.25, -0.2) is 19.4 Å². The van der Waals surface area contributed by atoms with Crippen LogP contribution in [0, 0.1) is 0 Å². The lowest BCUT2D eigenvalue weighted by atomic mass is 9.90. The molecule has 0 bridgehead atoms. The summed E-state index contributed by atoms with van der Waals surface area (Å²) in [7, 11) is 0. The van der Waals surface area contributed by atoms with E-state index in [4.69, 9.17) is 20.3 Å². The minimum absolute atomic E-state index is 0.216. The van der Waals surface area contributed by atoms with Crippen molar-refractivity contribution in [3.63, 3.8) is 0 Å². The second kappa shape index (κ2) is 11.6. The molecule has 10 nitrogen and oxygen atoms in total. The van der Waals surface area contributed by atoms with Gasteiger partial charge in [-0.3, -0.25) is 4.90 Å². The van der Waals surface area contributed by atoms with E-state index in [1.54, 1.807) is 0 Å². The van der Waals surface area contributed by atoms with E-state index in [0.717, 1.165) is 72.6 Å². The Morgan fingerprint density at radius 2 is 1.50 bits per heavy atom. The van der Waals surface area contributed by atoms with Crippen molar-refractivity contribution in [3.8, 4) is 22.8 Å². The number of hydrogen-bond donors (Lipinski definition) is 1.